The molecule has 39 heavy (non-hydrogen) atoms. The minimum absolute atomic E-state index is 0.402. The van der Waals surface area contributed by atoms with E-state index in [4.69, 9.17) is 5.73 Å². The Kier molecular flexibility index (Phi) is 9.08. The molecule has 5 rings (SSSR count). The highest BCUT2D eigenvalue weighted by Gasteiger charge is 2.30. The van der Waals surface area contributed by atoms with E-state index in [1.54, 1.807) is 30.5 Å². The number of hydrogen-bond acceptors (Lipinski definition) is 4. The maximum Gasteiger partial charge on any atom is 0.416 e. The predicted molar refractivity (Wildman–Crippen MR) is 151 cm³/mol. The number of alkyl halides is 3. The van der Waals surface area contributed by atoms with E-state index < -0.39 is 17.6 Å². The van der Waals surface area contributed by atoms with Gasteiger partial charge in [0.25, 0.3) is 0 Å². The Labute approximate surface area is 233 Å². The van der Waals surface area contributed by atoms with Crippen LogP contribution in [0, 0.1) is 0 Å². The Morgan fingerprint density at radius 2 is 1.67 bits per heavy atom. The summed E-state index contributed by atoms with van der Waals surface area (Å²) in [6.07, 6.45) is -2.79. The lowest BCUT2D eigenvalue weighted by molar-refractivity contribution is -0.137. The number of nitrogens with zero attached hydrogens (tertiary/aromatic N) is 3. The number of carbonyl (C=O) groups is 1. The summed E-state index contributed by atoms with van der Waals surface area (Å²) in [6.45, 7) is 7.28. The number of nitrogens with two attached hydrogens (primary N) is 1. The molecule has 0 atom stereocenters. The van der Waals surface area contributed by atoms with Crippen LogP contribution in [0.15, 0.2) is 83.5 Å². The highest BCUT2D eigenvalue weighted by atomic mass is 79.9. The lowest BCUT2D eigenvalue weighted by atomic mass is 10.1. The Bertz CT molecular complexity index is 1410. The van der Waals surface area contributed by atoms with E-state index in [0.29, 0.717) is 22.6 Å². The second kappa shape index (κ2) is 12.5. The van der Waals surface area contributed by atoms with Crippen molar-refractivity contribution in [3.63, 3.8) is 0 Å². The lowest BCUT2D eigenvalue weighted by Crippen LogP contribution is -2.46. The van der Waals surface area contributed by atoms with E-state index in [9.17, 15) is 18.0 Å². The number of rotatable bonds is 5. The van der Waals surface area contributed by atoms with Crippen LogP contribution in [0.3, 0.4) is 0 Å². The number of piperazine rings is 1. The average Bonchev–Trinajstić information content (AvgIpc) is 3.44. The zero-order valence-corrected chi connectivity index (χ0v) is 23.0. The van der Waals surface area contributed by atoms with Crippen molar-refractivity contribution in [1.82, 2.24) is 14.9 Å². The van der Waals surface area contributed by atoms with Crippen LogP contribution >= 0.6 is 15.9 Å². The normalized spacial score (nSPS) is 14.0. The van der Waals surface area contributed by atoms with Crippen molar-refractivity contribution in [3.05, 3.63) is 94.6 Å². The number of anilines is 1. The van der Waals surface area contributed by atoms with Crippen molar-refractivity contribution in [2.75, 3.05) is 37.6 Å². The van der Waals surface area contributed by atoms with Gasteiger partial charge in [-0.1, -0.05) is 53.2 Å². The molecular formula is C29H29BrF3N5O. The molecule has 10 heteroatoms. The van der Waals surface area contributed by atoms with Crippen LogP contribution in [0.5, 0.6) is 0 Å². The van der Waals surface area contributed by atoms with Crippen LogP contribution < -0.4 is 10.6 Å². The van der Waals surface area contributed by atoms with Crippen LogP contribution in [-0.2, 0) is 6.18 Å². The zero-order chi connectivity index (χ0) is 28.0. The summed E-state index contributed by atoms with van der Waals surface area (Å²) in [5.41, 5.74) is 7.95. The largest absolute Gasteiger partial charge is 0.416 e. The number of benzene rings is 3. The quantitative estimate of drug-likeness (QED) is 0.276. The third-order valence-electron chi connectivity index (χ3n) is 6.49. The number of likely N-dealkylation sites (N-methyl/N-ethyl adjacent to an activating group) is 1. The Balaban J connectivity index is 0.000000298. The van der Waals surface area contributed by atoms with Gasteiger partial charge in [0, 0.05) is 53.0 Å². The summed E-state index contributed by atoms with van der Waals surface area (Å²) in [7, 11) is 0. The Hall–Kier alpha value is -3.63. The van der Waals surface area contributed by atoms with Gasteiger partial charge in [-0.2, -0.15) is 13.2 Å². The van der Waals surface area contributed by atoms with Crippen LogP contribution in [-0.4, -0.2) is 53.5 Å². The number of amides is 1. The molecule has 4 aromatic rings. The molecule has 0 aliphatic carbocycles. The van der Waals surface area contributed by atoms with Gasteiger partial charge in [-0.15, -0.1) is 0 Å². The minimum Gasteiger partial charge on any atom is -0.369 e. The first-order valence-electron chi connectivity index (χ1n) is 12.5. The summed E-state index contributed by atoms with van der Waals surface area (Å²) in [4.78, 5) is 22.9. The number of H-pyrrole nitrogens is 1. The molecule has 0 bridgehead atoms. The van der Waals surface area contributed by atoms with Crippen molar-refractivity contribution in [2.45, 2.75) is 13.1 Å². The summed E-state index contributed by atoms with van der Waals surface area (Å²) < 4.78 is 39.8. The molecule has 0 radical (unpaired) electrons. The van der Waals surface area contributed by atoms with Crippen molar-refractivity contribution < 1.29 is 18.0 Å². The van der Waals surface area contributed by atoms with Crippen LogP contribution in [0.1, 0.15) is 22.8 Å². The fourth-order valence-electron chi connectivity index (χ4n) is 4.29. The molecule has 2 heterocycles. The number of nitrogens with one attached hydrogen (secondary N) is 1. The Morgan fingerprint density at radius 3 is 2.31 bits per heavy atom. The van der Waals surface area contributed by atoms with Crippen molar-refractivity contribution in [2.24, 2.45) is 5.73 Å². The summed E-state index contributed by atoms with van der Waals surface area (Å²) in [5, 5.41) is 0. The minimum atomic E-state index is -4.37. The first-order valence-corrected chi connectivity index (χ1v) is 13.3. The molecule has 6 nitrogen and oxygen atoms in total. The van der Waals surface area contributed by atoms with E-state index in [1.807, 2.05) is 18.2 Å². The van der Waals surface area contributed by atoms with Gasteiger partial charge < -0.3 is 20.5 Å². The molecule has 1 fully saturated rings. The number of carbonyl (C=O) groups excluding carboxylic acids is 1. The molecular weight excluding hydrogens is 571 g/mol. The summed E-state index contributed by atoms with van der Waals surface area (Å²) in [5.74, 6) is 0.243. The molecule has 1 aliphatic rings. The third kappa shape index (κ3) is 7.48. The molecule has 0 unspecified atom stereocenters. The standard InChI is InChI=1S/C22H23F3N4.C7H6BrNO/c1-2-28-9-11-29(12-10-28)19-8-4-6-17(14-19)21-26-15-20(27-21)16-5-3-7-18(13-16)22(23,24)25;8-6-3-1-2-5(4-6)7(9)10/h3-8,13-15H,2,9-12H2,1H3,(H,26,27);1-4H,(H2,9,10). The van der Waals surface area contributed by atoms with Crippen LogP contribution in [0.2, 0.25) is 0 Å². The maximum atomic E-state index is 13.0. The zero-order valence-electron chi connectivity index (χ0n) is 21.4. The average molecular weight is 600 g/mol. The topological polar surface area (TPSA) is 78.2 Å². The first-order chi connectivity index (χ1) is 18.6. The first kappa shape index (κ1) is 28.4. The number of imidazole rings is 1. The van der Waals surface area contributed by atoms with Gasteiger partial charge in [0.2, 0.25) is 5.91 Å². The highest BCUT2D eigenvalue weighted by Crippen LogP contribution is 2.32. The number of primary amides is 1. The number of aromatic amines is 1. The fraction of sp³-hybridized carbons (Fsp3) is 0.241. The lowest BCUT2D eigenvalue weighted by Gasteiger charge is -2.35. The number of aromatic nitrogens is 2. The third-order valence-corrected chi connectivity index (χ3v) is 6.98. The maximum absolute atomic E-state index is 13.0. The molecule has 1 amide bonds. The molecule has 204 valence electrons. The van der Waals surface area contributed by atoms with Crippen molar-refractivity contribution in [1.29, 1.82) is 0 Å². The van der Waals surface area contributed by atoms with Crippen molar-refractivity contribution in [3.8, 4) is 22.6 Å². The van der Waals surface area contributed by atoms with Gasteiger partial charge in [0.1, 0.15) is 5.82 Å². The van der Waals surface area contributed by atoms with E-state index >= 15 is 0 Å². The summed E-state index contributed by atoms with van der Waals surface area (Å²) in [6, 6.07) is 20.4. The number of halogens is 4. The van der Waals surface area contributed by atoms with Crippen LogP contribution in [0.4, 0.5) is 18.9 Å². The van der Waals surface area contributed by atoms with Gasteiger partial charge in [-0.3, -0.25) is 4.79 Å². The van der Waals surface area contributed by atoms with E-state index in [0.717, 1.165) is 60.6 Å². The highest BCUT2D eigenvalue weighted by molar-refractivity contribution is 9.10. The van der Waals surface area contributed by atoms with Gasteiger partial charge in [0.15, 0.2) is 0 Å². The fourth-order valence-corrected chi connectivity index (χ4v) is 4.69. The van der Waals surface area contributed by atoms with Gasteiger partial charge in [-0.05, 0) is 49.0 Å². The van der Waals surface area contributed by atoms with Gasteiger partial charge >= 0.3 is 6.18 Å². The SMILES string of the molecule is CCN1CCN(c2cccc(-c3ncc(-c4cccc(C(F)(F)F)c4)[nH]3)c2)CC1.NC(=O)c1cccc(Br)c1. The molecule has 0 saturated carbocycles. The second-order valence-corrected chi connectivity index (χ2v) is 9.99. The molecule has 1 saturated heterocycles. The molecule has 0 spiro atoms. The molecule has 3 N–H and O–H groups in total. The monoisotopic (exact) mass is 599 g/mol. The summed E-state index contributed by atoms with van der Waals surface area (Å²) >= 11 is 3.22. The molecule has 1 aromatic heterocycles. The molecule has 1 aliphatic heterocycles. The van der Waals surface area contributed by atoms with E-state index in [2.05, 4.69) is 54.8 Å². The van der Waals surface area contributed by atoms with Crippen molar-refractivity contribution >= 4 is 27.5 Å². The smallest absolute Gasteiger partial charge is 0.369 e. The molecule has 3 aromatic carbocycles. The second-order valence-electron chi connectivity index (χ2n) is 9.07. The van der Waals surface area contributed by atoms with Gasteiger partial charge in [-0.25, -0.2) is 4.98 Å². The van der Waals surface area contributed by atoms with E-state index in [1.165, 1.54) is 6.07 Å². The van der Waals surface area contributed by atoms with E-state index in [-0.39, 0.29) is 0 Å². The number of hydrogen-bond donors (Lipinski definition) is 2. The predicted octanol–water partition coefficient (Wildman–Crippen LogP) is 6.45. The Morgan fingerprint density at radius 1 is 0.974 bits per heavy atom. The van der Waals surface area contributed by atoms with Crippen LogP contribution in [0.25, 0.3) is 22.6 Å². The van der Waals surface area contributed by atoms with Gasteiger partial charge in [0.05, 0.1) is 17.5 Å².